The molecule has 1 amide bonds. The molecule has 3 N–H and O–H groups in total. The molecule has 1 heterocycles. The number of amides is 1. The lowest BCUT2D eigenvalue weighted by Gasteiger charge is -2.20. The van der Waals surface area contributed by atoms with Crippen LogP contribution in [0.15, 0.2) is 59.6 Å². The van der Waals surface area contributed by atoms with Gasteiger partial charge >= 0.3 is 0 Å². The number of aliphatic imine (C=N–C) groups is 1. The minimum absolute atomic E-state index is 0.0845. The number of nitrogens with one attached hydrogen (secondary N) is 3. The molecule has 154 valence electrons. The molecule has 1 aliphatic rings. The van der Waals surface area contributed by atoms with Crippen LogP contribution in [0.1, 0.15) is 24.5 Å². The number of anilines is 1. The molecule has 29 heavy (non-hydrogen) atoms. The van der Waals surface area contributed by atoms with E-state index in [4.69, 9.17) is 0 Å². The van der Waals surface area contributed by atoms with Crippen molar-refractivity contribution in [1.82, 2.24) is 16.0 Å². The zero-order valence-corrected chi connectivity index (χ0v) is 17.3. The van der Waals surface area contributed by atoms with Crippen molar-refractivity contribution in [1.29, 1.82) is 0 Å². The Labute approximate surface area is 173 Å². The van der Waals surface area contributed by atoms with Gasteiger partial charge in [-0.3, -0.25) is 4.79 Å². The number of carbonyl (C=O) groups is 1. The highest BCUT2D eigenvalue weighted by Gasteiger charge is 2.23. The van der Waals surface area contributed by atoms with E-state index >= 15 is 0 Å². The molecule has 6 heteroatoms. The lowest BCUT2D eigenvalue weighted by Crippen LogP contribution is -2.45. The van der Waals surface area contributed by atoms with E-state index < -0.39 is 0 Å². The highest BCUT2D eigenvalue weighted by molar-refractivity contribution is 5.85. The van der Waals surface area contributed by atoms with Gasteiger partial charge in [0.25, 0.3) is 0 Å². The van der Waals surface area contributed by atoms with Crippen LogP contribution < -0.4 is 20.9 Å². The third-order valence-electron chi connectivity index (χ3n) is 4.99. The fourth-order valence-corrected chi connectivity index (χ4v) is 3.38. The Kier molecular flexibility index (Phi) is 7.50. The number of hydrogen-bond acceptors (Lipinski definition) is 3. The van der Waals surface area contributed by atoms with E-state index in [1.807, 2.05) is 37.3 Å². The Hall–Kier alpha value is -3.02. The summed E-state index contributed by atoms with van der Waals surface area (Å²) in [6.45, 7) is 7.45. The van der Waals surface area contributed by atoms with Crippen LogP contribution in [0.3, 0.4) is 0 Å². The normalized spacial score (nSPS) is 16.6. The van der Waals surface area contributed by atoms with Crippen LogP contribution in [0.2, 0.25) is 0 Å². The molecule has 2 aromatic carbocycles. The first-order valence-corrected chi connectivity index (χ1v) is 10.3. The number of hydrogen-bond donors (Lipinski definition) is 3. The number of benzene rings is 2. The second-order valence-electron chi connectivity index (χ2n) is 7.37. The summed E-state index contributed by atoms with van der Waals surface area (Å²) in [7, 11) is 0. The maximum atomic E-state index is 12.1. The summed E-state index contributed by atoms with van der Waals surface area (Å²) in [5, 5.41) is 9.63. The summed E-state index contributed by atoms with van der Waals surface area (Å²) in [4.78, 5) is 19.0. The highest BCUT2D eigenvalue weighted by atomic mass is 16.1. The maximum Gasteiger partial charge on any atom is 0.242 e. The third kappa shape index (κ3) is 6.52. The Morgan fingerprint density at radius 1 is 1.10 bits per heavy atom. The van der Waals surface area contributed by atoms with E-state index in [9.17, 15) is 4.79 Å². The zero-order chi connectivity index (χ0) is 20.5. The van der Waals surface area contributed by atoms with Gasteiger partial charge in [-0.2, -0.15) is 0 Å². The minimum atomic E-state index is -0.0845. The van der Waals surface area contributed by atoms with Crippen molar-refractivity contribution < 1.29 is 4.79 Å². The predicted octanol–water partition coefficient (Wildman–Crippen LogP) is 2.45. The summed E-state index contributed by atoms with van der Waals surface area (Å²) < 4.78 is 0. The Bertz CT molecular complexity index is 804. The Morgan fingerprint density at radius 2 is 1.86 bits per heavy atom. The van der Waals surface area contributed by atoms with E-state index in [-0.39, 0.29) is 12.5 Å². The topological polar surface area (TPSA) is 68.8 Å². The molecule has 1 atom stereocenters. The zero-order valence-electron chi connectivity index (χ0n) is 17.3. The number of nitrogens with zero attached hydrogens (tertiary/aromatic N) is 2. The largest absolute Gasteiger partial charge is 0.369 e. The molecule has 2 aromatic rings. The SMILES string of the molecule is CCNC(=NCC(=O)NCc1ccccc1)NC1CCN(c2ccc(C)cc2)C1. The van der Waals surface area contributed by atoms with Gasteiger partial charge in [0.05, 0.1) is 0 Å². The lowest BCUT2D eigenvalue weighted by molar-refractivity contribution is -0.119. The van der Waals surface area contributed by atoms with Gasteiger partial charge < -0.3 is 20.9 Å². The molecule has 6 nitrogen and oxygen atoms in total. The molecule has 1 aliphatic heterocycles. The van der Waals surface area contributed by atoms with E-state index in [0.29, 0.717) is 18.5 Å². The van der Waals surface area contributed by atoms with Crippen molar-refractivity contribution in [3.8, 4) is 0 Å². The van der Waals surface area contributed by atoms with E-state index in [1.165, 1.54) is 11.3 Å². The molecule has 0 spiro atoms. The molecule has 0 aliphatic carbocycles. The predicted molar refractivity (Wildman–Crippen MR) is 119 cm³/mol. The van der Waals surface area contributed by atoms with Crippen molar-refractivity contribution >= 4 is 17.6 Å². The summed E-state index contributed by atoms with van der Waals surface area (Å²) in [6.07, 6.45) is 1.04. The second-order valence-corrected chi connectivity index (χ2v) is 7.37. The van der Waals surface area contributed by atoms with Crippen molar-refractivity contribution in [2.75, 3.05) is 31.1 Å². The fourth-order valence-electron chi connectivity index (χ4n) is 3.38. The van der Waals surface area contributed by atoms with Crippen molar-refractivity contribution in [2.24, 2.45) is 4.99 Å². The van der Waals surface area contributed by atoms with Gasteiger partial charge in [0.2, 0.25) is 5.91 Å². The molecular formula is C23H31N5O. The summed E-state index contributed by atoms with van der Waals surface area (Å²) in [6, 6.07) is 18.8. The first kappa shape index (κ1) is 20.7. The van der Waals surface area contributed by atoms with E-state index in [2.05, 4.69) is 57.0 Å². The standard InChI is InChI=1S/C23H31N5O/c1-3-24-23(26-16-22(29)25-15-19-7-5-4-6-8-19)27-20-13-14-28(17-20)21-11-9-18(2)10-12-21/h4-12,20H,3,13-17H2,1-2H3,(H,25,29)(H2,24,26,27). The molecule has 0 aromatic heterocycles. The van der Waals surface area contributed by atoms with E-state index in [0.717, 1.165) is 31.6 Å². The van der Waals surface area contributed by atoms with Crippen molar-refractivity contribution in [3.63, 3.8) is 0 Å². The van der Waals surface area contributed by atoms with Gasteiger partial charge in [-0.1, -0.05) is 48.0 Å². The fraction of sp³-hybridized carbons (Fsp3) is 0.391. The van der Waals surface area contributed by atoms with Crippen molar-refractivity contribution in [2.45, 2.75) is 32.9 Å². The van der Waals surface area contributed by atoms with Gasteiger partial charge in [-0.05, 0) is 38.0 Å². The quantitative estimate of drug-likeness (QED) is 0.499. The summed E-state index contributed by atoms with van der Waals surface area (Å²) >= 11 is 0. The van der Waals surface area contributed by atoms with Crippen LogP contribution in [0.4, 0.5) is 5.69 Å². The second kappa shape index (κ2) is 10.5. The Balaban J connectivity index is 1.48. The maximum absolute atomic E-state index is 12.1. The molecule has 1 unspecified atom stereocenters. The van der Waals surface area contributed by atoms with Crippen LogP contribution in [0, 0.1) is 6.92 Å². The van der Waals surface area contributed by atoms with Crippen LogP contribution in [-0.2, 0) is 11.3 Å². The average Bonchev–Trinajstić information content (AvgIpc) is 3.20. The number of carbonyl (C=O) groups excluding carboxylic acids is 1. The van der Waals surface area contributed by atoms with Gasteiger partial charge in [-0.25, -0.2) is 4.99 Å². The van der Waals surface area contributed by atoms with Gasteiger partial charge in [0, 0.05) is 37.9 Å². The Morgan fingerprint density at radius 3 is 2.59 bits per heavy atom. The van der Waals surface area contributed by atoms with Gasteiger partial charge in [0.1, 0.15) is 6.54 Å². The van der Waals surface area contributed by atoms with Gasteiger partial charge in [-0.15, -0.1) is 0 Å². The molecule has 0 saturated carbocycles. The lowest BCUT2D eigenvalue weighted by atomic mass is 10.2. The molecule has 3 rings (SSSR count). The number of aryl methyl sites for hydroxylation is 1. The van der Waals surface area contributed by atoms with Crippen LogP contribution in [0.5, 0.6) is 0 Å². The van der Waals surface area contributed by atoms with E-state index in [1.54, 1.807) is 0 Å². The molecular weight excluding hydrogens is 362 g/mol. The van der Waals surface area contributed by atoms with Gasteiger partial charge in [0.15, 0.2) is 5.96 Å². The monoisotopic (exact) mass is 393 g/mol. The molecule has 0 bridgehead atoms. The van der Waals surface area contributed by atoms with Crippen LogP contribution in [-0.4, -0.2) is 44.1 Å². The summed E-state index contributed by atoms with van der Waals surface area (Å²) in [5.41, 5.74) is 3.61. The van der Waals surface area contributed by atoms with Crippen LogP contribution in [0.25, 0.3) is 0 Å². The van der Waals surface area contributed by atoms with Crippen molar-refractivity contribution in [3.05, 3.63) is 65.7 Å². The minimum Gasteiger partial charge on any atom is -0.369 e. The number of guanidine groups is 1. The summed E-state index contributed by atoms with van der Waals surface area (Å²) in [5.74, 6) is 0.608. The number of rotatable bonds is 7. The third-order valence-corrected chi connectivity index (χ3v) is 4.99. The average molecular weight is 394 g/mol. The first-order valence-electron chi connectivity index (χ1n) is 10.3. The molecule has 1 saturated heterocycles. The molecule has 0 radical (unpaired) electrons. The van der Waals surface area contributed by atoms with Crippen LogP contribution >= 0.6 is 0 Å². The smallest absolute Gasteiger partial charge is 0.242 e. The highest BCUT2D eigenvalue weighted by Crippen LogP contribution is 2.20. The molecule has 1 fully saturated rings. The first-order chi connectivity index (χ1) is 14.1.